The lowest BCUT2D eigenvalue weighted by atomic mass is 9.96. The minimum Gasteiger partial charge on any atom is -0.494 e. The summed E-state index contributed by atoms with van der Waals surface area (Å²) < 4.78 is 23.4. The Morgan fingerprint density at radius 2 is 1.86 bits per heavy atom. The van der Waals surface area contributed by atoms with Crippen LogP contribution in [0.1, 0.15) is 45.7 Å². The summed E-state index contributed by atoms with van der Waals surface area (Å²) in [5, 5.41) is 2.81. The molecule has 0 aliphatic heterocycles. The lowest BCUT2D eigenvalue weighted by Gasteiger charge is -2.17. The number of hydrogen-bond acceptors (Lipinski definition) is 6. The van der Waals surface area contributed by atoms with Gasteiger partial charge >= 0.3 is 5.97 Å². The van der Waals surface area contributed by atoms with Crippen molar-refractivity contribution in [3.05, 3.63) is 51.5 Å². The Morgan fingerprint density at radius 3 is 2.46 bits per heavy atom. The number of nitrogens with one attached hydrogen (secondary N) is 1. The monoisotopic (exact) mass is 407 g/mol. The van der Waals surface area contributed by atoms with Crippen LogP contribution >= 0.6 is 11.3 Å². The van der Waals surface area contributed by atoms with E-state index in [1.807, 2.05) is 20.8 Å². The second kappa shape index (κ2) is 8.97. The van der Waals surface area contributed by atoms with E-state index in [0.29, 0.717) is 11.4 Å². The first kappa shape index (κ1) is 21.6. The number of thiophene rings is 1. The van der Waals surface area contributed by atoms with Crippen molar-refractivity contribution in [3.8, 4) is 5.75 Å². The van der Waals surface area contributed by atoms with Gasteiger partial charge in [-0.25, -0.2) is 9.18 Å². The Balaban J connectivity index is 1.90. The second-order valence-corrected chi connectivity index (χ2v) is 8.22. The predicted octanol–water partition coefficient (Wildman–Crippen LogP) is 3.60. The fourth-order valence-electron chi connectivity index (χ4n) is 2.13. The zero-order valence-corrected chi connectivity index (χ0v) is 16.9. The molecule has 6 nitrogen and oxygen atoms in total. The number of hydrogen-bond donors (Lipinski definition) is 1. The van der Waals surface area contributed by atoms with Gasteiger partial charge < -0.3 is 14.8 Å². The van der Waals surface area contributed by atoms with Crippen LogP contribution in [0.15, 0.2) is 30.3 Å². The highest BCUT2D eigenvalue weighted by molar-refractivity contribution is 7.14. The van der Waals surface area contributed by atoms with Gasteiger partial charge in [0.25, 0.3) is 0 Å². The molecule has 0 radical (unpaired) electrons. The van der Waals surface area contributed by atoms with Crippen LogP contribution in [-0.4, -0.2) is 31.4 Å². The number of ketones is 1. The molecule has 0 saturated carbocycles. The lowest BCUT2D eigenvalue weighted by molar-refractivity contribution is -0.128. The van der Waals surface area contributed by atoms with Gasteiger partial charge in [-0.05, 0) is 30.3 Å². The molecule has 150 valence electrons. The maximum absolute atomic E-state index is 13.7. The smallest absolute Gasteiger partial charge is 0.338 e. The van der Waals surface area contributed by atoms with Crippen molar-refractivity contribution in [2.45, 2.75) is 27.3 Å². The van der Waals surface area contributed by atoms with Crippen LogP contribution in [0.25, 0.3) is 0 Å². The molecule has 0 aliphatic rings. The summed E-state index contributed by atoms with van der Waals surface area (Å²) in [6, 6.07) is 7.02. The molecule has 1 heterocycles. The minimum atomic E-state index is -0.802. The number of esters is 1. The van der Waals surface area contributed by atoms with Gasteiger partial charge in [-0.1, -0.05) is 20.8 Å². The van der Waals surface area contributed by atoms with Crippen LogP contribution in [-0.2, 0) is 16.1 Å². The average molecular weight is 407 g/mol. The van der Waals surface area contributed by atoms with Crippen LogP contribution < -0.4 is 10.1 Å². The van der Waals surface area contributed by atoms with Crippen LogP contribution in [0.2, 0.25) is 0 Å². The summed E-state index contributed by atoms with van der Waals surface area (Å²) in [4.78, 5) is 37.3. The second-order valence-electron chi connectivity index (χ2n) is 7.05. The molecule has 0 unspecified atom stereocenters. The van der Waals surface area contributed by atoms with Crippen LogP contribution in [0.4, 0.5) is 4.39 Å². The Hall–Kier alpha value is -2.74. The summed E-state index contributed by atoms with van der Waals surface area (Å²) in [7, 11) is 1.32. The number of rotatable bonds is 7. The summed E-state index contributed by atoms with van der Waals surface area (Å²) >= 11 is 1.22. The summed E-state index contributed by atoms with van der Waals surface area (Å²) in [5.74, 6) is -1.94. The Labute approximate surface area is 166 Å². The van der Waals surface area contributed by atoms with Gasteiger partial charge in [0.2, 0.25) is 11.7 Å². The zero-order valence-electron chi connectivity index (χ0n) is 16.1. The highest BCUT2D eigenvalue weighted by atomic mass is 32.1. The number of halogens is 1. The van der Waals surface area contributed by atoms with E-state index < -0.39 is 23.8 Å². The van der Waals surface area contributed by atoms with Gasteiger partial charge in [0.05, 0.1) is 24.1 Å². The number of benzene rings is 1. The molecule has 0 saturated heterocycles. The molecule has 8 heteroatoms. The van der Waals surface area contributed by atoms with Gasteiger partial charge in [-0.3, -0.25) is 9.59 Å². The molecule has 28 heavy (non-hydrogen) atoms. The number of amides is 1. The normalized spacial score (nSPS) is 11.0. The van der Waals surface area contributed by atoms with Crippen molar-refractivity contribution in [1.29, 1.82) is 0 Å². The van der Waals surface area contributed by atoms with Crippen molar-refractivity contribution < 1.29 is 28.2 Å². The number of Topliss-reactive ketones (excluding diaryl/α,β-unsaturated/α-hetero) is 1. The topological polar surface area (TPSA) is 81.7 Å². The molecule has 2 rings (SSSR count). The van der Waals surface area contributed by atoms with E-state index in [4.69, 9.17) is 9.47 Å². The molecule has 1 aromatic carbocycles. The summed E-state index contributed by atoms with van der Waals surface area (Å²) in [5.41, 5.74) is -0.506. The molecule has 1 N–H and O–H groups in total. The molecule has 0 atom stereocenters. The molecule has 1 amide bonds. The van der Waals surface area contributed by atoms with Gasteiger partial charge in [0.1, 0.15) is 0 Å². The van der Waals surface area contributed by atoms with Gasteiger partial charge in [-0.2, -0.15) is 0 Å². The van der Waals surface area contributed by atoms with E-state index in [1.54, 1.807) is 12.1 Å². The lowest BCUT2D eigenvalue weighted by Crippen LogP contribution is -2.34. The van der Waals surface area contributed by atoms with Crippen LogP contribution in [0, 0.1) is 11.2 Å². The molecular formula is C20H22FNO5S. The maximum Gasteiger partial charge on any atom is 0.338 e. The first-order chi connectivity index (χ1) is 13.1. The van der Waals surface area contributed by atoms with E-state index >= 15 is 0 Å². The van der Waals surface area contributed by atoms with E-state index in [0.717, 1.165) is 10.9 Å². The van der Waals surface area contributed by atoms with Crippen LogP contribution in [0.3, 0.4) is 0 Å². The highest BCUT2D eigenvalue weighted by Gasteiger charge is 2.21. The molecular weight excluding hydrogens is 385 g/mol. The molecule has 0 fully saturated rings. The van der Waals surface area contributed by atoms with Gasteiger partial charge in [0.15, 0.2) is 18.2 Å². The van der Waals surface area contributed by atoms with Crippen molar-refractivity contribution in [2.75, 3.05) is 13.7 Å². The maximum atomic E-state index is 13.7. The highest BCUT2D eigenvalue weighted by Crippen LogP contribution is 2.20. The Kier molecular flexibility index (Phi) is 6.90. The predicted molar refractivity (Wildman–Crippen MR) is 103 cm³/mol. The quantitative estimate of drug-likeness (QED) is 0.560. The minimum absolute atomic E-state index is 0.0112. The fourth-order valence-corrected chi connectivity index (χ4v) is 3.01. The zero-order chi connectivity index (χ0) is 20.9. The van der Waals surface area contributed by atoms with Gasteiger partial charge in [0, 0.05) is 10.3 Å². The number of ether oxygens (including phenoxy) is 2. The molecule has 1 aromatic heterocycles. The largest absolute Gasteiger partial charge is 0.494 e. The number of carbonyl (C=O) groups is 3. The molecule has 0 spiro atoms. The van der Waals surface area contributed by atoms with Crippen molar-refractivity contribution in [2.24, 2.45) is 5.41 Å². The van der Waals surface area contributed by atoms with Crippen molar-refractivity contribution >= 4 is 29.0 Å². The van der Waals surface area contributed by atoms with E-state index in [-0.39, 0.29) is 23.0 Å². The fraction of sp³-hybridized carbons (Fsp3) is 0.350. The Bertz CT molecular complexity index is 885. The molecule has 2 aromatic rings. The first-order valence-corrected chi connectivity index (χ1v) is 9.34. The third kappa shape index (κ3) is 5.63. The molecule has 0 aliphatic carbocycles. The van der Waals surface area contributed by atoms with E-state index in [9.17, 15) is 18.8 Å². The summed E-state index contributed by atoms with van der Waals surface area (Å²) in [6.07, 6.45) is 0. The third-order valence-electron chi connectivity index (χ3n) is 3.76. The summed E-state index contributed by atoms with van der Waals surface area (Å²) in [6.45, 7) is 5.30. The van der Waals surface area contributed by atoms with Crippen molar-refractivity contribution in [1.82, 2.24) is 5.32 Å². The standard InChI is InChI=1S/C20H22FNO5S/c1-20(2,3)19(25)22-10-13-6-8-17(28-13)15(23)11-27-18(24)12-5-7-16(26-4)14(21)9-12/h5-9H,10-11H2,1-4H3,(H,22,25). The SMILES string of the molecule is COc1ccc(C(=O)OCC(=O)c2ccc(CNC(=O)C(C)(C)C)s2)cc1F. The van der Waals surface area contributed by atoms with E-state index in [1.165, 1.54) is 30.6 Å². The van der Waals surface area contributed by atoms with Crippen LogP contribution in [0.5, 0.6) is 5.75 Å². The van der Waals surface area contributed by atoms with Crippen molar-refractivity contribution in [3.63, 3.8) is 0 Å². The number of carbonyl (C=O) groups excluding carboxylic acids is 3. The first-order valence-electron chi connectivity index (χ1n) is 8.52. The van der Waals surface area contributed by atoms with Gasteiger partial charge in [-0.15, -0.1) is 11.3 Å². The number of methoxy groups -OCH3 is 1. The Morgan fingerprint density at radius 1 is 1.14 bits per heavy atom. The molecule has 0 bridgehead atoms. The van der Waals surface area contributed by atoms with E-state index in [2.05, 4.69) is 5.32 Å². The average Bonchev–Trinajstić information content (AvgIpc) is 3.12. The third-order valence-corrected chi connectivity index (χ3v) is 4.89.